The van der Waals surface area contributed by atoms with Gasteiger partial charge in [-0.05, 0) is 18.2 Å². The van der Waals surface area contributed by atoms with Crippen LogP contribution in [0.4, 0.5) is 4.39 Å². The molecular formula is C6H3ClFIZn-. The maximum absolute atomic E-state index is 12.0. The number of hydrogen-bond donors (Lipinski definition) is 0. The van der Waals surface area contributed by atoms with Crippen LogP contribution >= 0.6 is 11.6 Å². The van der Waals surface area contributed by atoms with Gasteiger partial charge in [-0.1, -0.05) is 11.6 Å². The van der Waals surface area contributed by atoms with E-state index in [2.05, 4.69) is 6.07 Å². The van der Waals surface area contributed by atoms with Gasteiger partial charge < -0.3 is 24.0 Å². The van der Waals surface area contributed by atoms with Gasteiger partial charge in [-0.25, -0.2) is 4.39 Å². The van der Waals surface area contributed by atoms with E-state index in [1.54, 1.807) is 6.07 Å². The molecule has 0 unspecified atom stereocenters. The maximum Gasteiger partial charge on any atom is 0.132 e. The smallest absolute Gasteiger partial charge is 0.132 e. The molecule has 0 saturated carbocycles. The Morgan fingerprint density at radius 1 is 1.50 bits per heavy atom. The first-order chi connectivity index (χ1) is 3.79. The first kappa shape index (κ1) is 13.4. The zero-order valence-electron chi connectivity index (χ0n) is 5.07. The van der Waals surface area contributed by atoms with Crippen LogP contribution in [0.3, 0.4) is 0 Å². The van der Waals surface area contributed by atoms with E-state index >= 15 is 0 Å². The Bertz CT molecular complexity index is 178. The minimum atomic E-state index is -0.419. The summed E-state index contributed by atoms with van der Waals surface area (Å²) in [6.07, 6.45) is 0. The van der Waals surface area contributed by atoms with Crippen LogP contribution in [0.1, 0.15) is 0 Å². The molecule has 0 bridgehead atoms. The standard InChI is InChI=1S/C6H3ClF.HI.Zn/c7-5-2-1-3-6(8)4-5;;/h1-2,4H;1H;/p-1. The van der Waals surface area contributed by atoms with Crippen LogP contribution in [-0.2, 0) is 19.5 Å². The number of benzene rings is 1. The van der Waals surface area contributed by atoms with Gasteiger partial charge in [-0.3, -0.25) is 0 Å². The van der Waals surface area contributed by atoms with Crippen molar-refractivity contribution in [3.8, 4) is 0 Å². The van der Waals surface area contributed by atoms with E-state index in [9.17, 15) is 4.39 Å². The molecule has 1 aromatic rings. The minimum Gasteiger partial charge on any atom is -1.00 e. The Morgan fingerprint density at radius 3 is 2.40 bits per heavy atom. The van der Waals surface area contributed by atoms with Gasteiger partial charge >= 0.3 is 0 Å². The second kappa shape index (κ2) is 6.50. The Labute approximate surface area is 93.9 Å². The summed E-state index contributed by atoms with van der Waals surface area (Å²) in [6.45, 7) is 0. The van der Waals surface area contributed by atoms with Gasteiger partial charge in [0, 0.05) is 30.6 Å². The first-order valence-electron chi connectivity index (χ1n) is 2.12. The van der Waals surface area contributed by atoms with Gasteiger partial charge in [0.1, 0.15) is 5.82 Å². The molecule has 0 fully saturated rings. The number of rotatable bonds is 0. The van der Waals surface area contributed by atoms with Gasteiger partial charge in [-0.15, -0.1) is 0 Å². The van der Waals surface area contributed by atoms with Crippen molar-refractivity contribution in [2.24, 2.45) is 0 Å². The second-order valence-electron chi connectivity index (χ2n) is 1.35. The van der Waals surface area contributed by atoms with Crippen molar-refractivity contribution in [3.05, 3.63) is 35.1 Å². The summed E-state index contributed by atoms with van der Waals surface area (Å²) >= 11 is 5.38. The molecule has 0 N–H and O–H groups in total. The van der Waals surface area contributed by atoms with Crippen molar-refractivity contribution < 1.29 is 47.8 Å². The van der Waals surface area contributed by atoms with Crippen LogP contribution in [0.5, 0.6) is 0 Å². The van der Waals surface area contributed by atoms with E-state index in [1.165, 1.54) is 12.1 Å². The Hall–Kier alpha value is 0.793. The average molecular weight is 322 g/mol. The number of halogens is 3. The largest absolute Gasteiger partial charge is 1.00 e. The molecule has 0 aliphatic heterocycles. The van der Waals surface area contributed by atoms with Crippen LogP contribution in [0.25, 0.3) is 0 Å². The average Bonchev–Trinajstić information content (AvgIpc) is 1.64. The van der Waals surface area contributed by atoms with Crippen LogP contribution in [-0.4, -0.2) is 0 Å². The summed E-state index contributed by atoms with van der Waals surface area (Å²) < 4.78 is 12.0. The van der Waals surface area contributed by atoms with Gasteiger partial charge in [0.05, 0.1) is 0 Å². The predicted molar refractivity (Wildman–Crippen MR) is 30.2 cm³/mol. The fourth-order valence-corrected chi connectivity index (χ4v) is 0.571. The molecule has 4 heteroatoms. The van der Waals surface area contributed by atoms with Crippen molar-refractivity contribution in [1.29, 1.82) is 0 Å². The van der Waals surface area contributed by atoms with Gasteiger partial charge in [-0.2, -0.15) is 0 Å². The third-order valence-electron chi connectivity index (χ3n) is 0.728. The SMILES string of the molecule is Fc1[c]ccc(Cl)c1.[I-].[Zn]. The zero-order chi connectivity index (χ0) is 5.98. The van der Waals surface area contributed by atoms with Crippen LogP contribution in [0.15, 0.2) is 18.2 Å². The molecule has 10 heavy (non-hydrogen) atoms. The molecule has 1 aromatic carbocycles. The van der Waals surface area contributed by atoms with Gasteiger partial charge in [0.25, 0.3) is 0 Å². The molecule has 0 nitrogen and oxygen atoms in total. The molecule has 0 amide bonds. The molecule has 0 heterocycles. The van der Waals surface area contributed by atoms with Crippen molar-refractivity contribution in [2.45, 2.75) is 0 Å². The molecule has 1 rings (SSSR count). The monoisotopic (exact) mass is 320 g/mol. The van der Waals surface area contributed by atoms with E-state index in [-0.39, 0.29) is 43.5 Å². The predicted octanol–water partition coefficient (Wildman–Crippen LogP) is -0.719. The van der Waals surface area contributed by atoms with Crippen LogP contribution < -0.4 is 24.0 Å². The molecule has 1 radical (unpaired) electrons. The second-order valence-corrected chi connectivity index (χ2v) is 1.79. The summed E-state index contributed by atoms with van der Waals surface area (Å²) in [6, 6.07) is 6.55. The topological polar surface area (TPSA) is 0 Å². The quantitative estimate of drug-likeness (QED) is 0.437. The molecule has 0 spiro atoms. The normalized spacial score (nSPS) is 7.40. The van der Waals surface area contributed by atoms with Crippen molar-refractivity contribution in [3.63, 3.8) is 0 Å². The zero-order valence-corrected chi connectivity index (χ0v) is 11.0. The summed E-state index contributed by atoms with van der Waals surface area (Å²) in [7, 11) is 0. The van der Waals surface area contributed by atoms with Crippen LogP contribution in [0.2, 0.25) is 5.02 Å². The molecule has 0 aliphatic rings. The fraction of sp³-hybridized carbons (Fsp3) is 0. The number of hydrogen-bond acceptors (Lipinski definition) is 0. The van der Waals surface area contributed by atoms with E-state index < -0.39 is 5.82 Å². The molecule has 0 aromatic heterocycles. The van der Waals surface area contributed by atoms with Crippen LogP contribution in [0, 0.1) is 11.9 Å². The molecule has 0 atom stereocenters. The fourth-order valence-electron chi connectivity index (χ4n) is 0.412. The Balaban J connectivity index is 0. The summed E-state index contributed by atoms with van der Waals surface area (Å²) in [5.74, 6) is -0.419. The van der Waals surface area contributed by atoms with E-state index in [0.717, 1.165) is 0 Å². The Kier molecular flexibility index (Phi) is 8.70. The molecule has 51 valence electrons. The Morgan fingerprint density at radius 2 is 2.10 bits per heavy atom. The first-order valence-corrected chi connectivity index (χ1v) is 2.49. The molecular weight excluding hydrogens is 319 g/mol. The summed E-state index contributed by atoms with van der Waals surface area (Å²) in [5.41, 5.74) is 0. The molecule has 0 aliphatic carbocycles. The van der Waals surface area contributed by atoms with Gasteiger partial charge in [0.2, 0.25) is 0 Å². The minimum absolute atomic E-state index is 0. The summed E-state index contributed by atoms with van der Waals surface area (Å²) in [5, 5.41) is 0.404. The van der Waals surface area contributed by atoms with Crippen molar-refractivity contribution in [2.75, 3.05) is 0 Å². The maximum atomic E-state index is 12.0. The third-order valence-corrected chi connectivity index (χ3v) is 0.963. The van der Waals surface area contributed by atoms with Gasteiger partial charge in [0.15, 0.2) is 0 Å². The third kappa shape index (κ3) is 4.58. The van der Waals surface area contributed by atoms with E-state index in [4.69, 9.17) is 11.6 Å². The van der Waals surface area contributed by atoms with Crippen molar-refractivity contribution >= 4 is 11.6 Å². The van der Waals surface area contributed by atoms with Crippen molar-refractivity contribution in [1.82, 2.24) is 0 Å². The van der Waals surface area contributed by atoms with E-state index in [1.807, 2.05) is 0 Å². The molecule has 0 saturated heterocycles. The van der Waals surface area contributed by atoms with E-state index in [0.29, 0.717) is 5.02 Å². The summed E-state index contributed by atoms with van der Waals surface area (Å²) in [4.78, 5) is 0.